The second-order valence-electron chi connectivity index (χ2n) is 8.64. The molecule has 0 saturated heterocycles. The first-order chi connectivity index (χ1) is 15.9. The molecule has 1 aliphatic heterocycles. The van der Waals surface area contributed by atoms with Crippen LogP contribution in [-0.2, 0) is 18.3 Å². The Labute approximate surface area is 190 Å². The zero-order valence-electron chi connectivity index (χ0n) is 18.4. The summed E-state index contributed by atoms with van der Waals surface area (Å²) in [4.78, 5) is 26.3. The Bertz CT molecular complexity index is 1390. The minimum atomic E-state index is -4.62. The SMILES string of the molecule is Cc1nc(C(C)(C)F)oc1C(=O)N1CCc2[nH]cnc2C1c1cc2cccc(C(F)(F)F)n2n1. The van der Waals surface area contributed by atoms with E-state index in [0.717, 1.165) is 16.3 Å². The van der Waals surface area contributed by atoms with Crippen LogP contribution in [0.4, 0.5) is 17.6 Å². The summed E-state index contributed by atoms with van der Waals surface area (Å²) in [6.45, 7) is 4.28. The minimum Gasteiger partial charge on any atom is -0.432 e. The third-order valence-electron chi connectivity index (χ3n) is 5.76. The molecule has 34 heavy (non-hydrogen) atoms. The Morgan fingerprint density at radius 3 is 2.68 bits per heavy atom. The lowest BCUT2D eigenvalue weighted by Crippen LogP contribution is -2.41. The highest BCUT2D eigenvalue weighted by atomic mass is 19.4. The van der Waals surface area contributed by atoms with Gasteiger partial charge in [0.1, 0.15) is 11.7 Å². The van der Waals surface area contributed by atoms with Crippen molar-refractivity contribution in [3.05, 3.63) is 70.7 Å². The van der Waals surface area contributed by atoms with E-state index in [1.807, 2.05) is 0 Å². The highest BCUT2D eigenvalue weighted by Crippen LogP contribution is 2.37. The second-order valence-corrected chi connectivity index (χ2v) is 8.64. The highest BCUT2D eigenvalue weighted by Gasteiger charge is 2.40. The molecular formula is C22H20F4N6O2. The first kappa shape index (κ1) is 22.1. The van der Waals surface area contributed by atoms with Crippen LogP contribution >= 0.6 is 0 Å². The van der Waals surface area contributed by atoms with Gasteiger partial charge in [0.2, 0.25) is 11.7 Å². The number of aryl methyl sites for hydroxylation is 1. The molecule has 1 aliphatic rings. The number of amides is 1. The van der Waals surface area contributed by atoms with Crippen LogP contribution in [0, 0.1) is 6.92 Å². The Hall–Kier alpha value is -3.70. The number of alkyl halides is 4. The summed E-state index contributed by atoms with van der Waals surface area (Å²) in [5.74, 6) is -0.943. The fourth-order valence-corrected chi connectivity index (χ4v) is 4.16. The van der Waals surface area contributed by atoms with E-state index in [-0.39, 0.29) is 35.1 Å². The number of pyridine rings is 1. The fraction of sp³-hybridized carbons (Fsp3) is 0.364. The molecule has 8 nitrogen and oxygen atoms in total. The van der Waals surface area contributed by atoms with Crippen LogP contribution in [-0.4, -0.2) is 41.9 Å². The zero-order valence-corrected chi connectivity index (χ0v) is 18.4. The van der Waals surface area contributed by atoms with Gasteiger partial charge in [-0.3, -0.25) is 4.79 Å². The summed E-state index contributed by atoms with van der Waals surface area (Å²) in [5, 5.41) is 4.22. The number of rotatable bonds is 3. The van der Waals surface area contributed by atoms with Crippen molar-refractivity contribution >= 4 is 11.4 Å². The summed E-state index contributed by atoms with van der Waals surface area (Å²) in [6, 6.07) is 4.35. The van der Waals surface area contributed by atoms with E-state index < -0.39 is 29.5 Å². The predicted molar refractivity (Wildman–Crippen MR) is 111 cm³/mol. The molecule has 1 amide bonds. The van der Waals surface area contributed by atoms with E-state index in [9.17, 15) is 22.4 Å². The molecule has 4 aromatic rings. The van der Waals surface area contributed by atoms with Gasteiger partial charge in [0.15, 0.2) is 5.67 Å². The summed E-state index contributed by atoms with van der Waals surface area (Å²) < 4.78 is 61.3. The molecule has 1 atom stereocenters. The molecule has 0 spiro atoms. The van der Waals surface area contributed by atoms with Crippen LogP contribution in [0.3, 0.4) is 0 Å². The maximum atomic E-state index is 14.4. The summed E-state index contributed by atoms with van der Waals surface area (Å²) in [6.07, 6.45) is -2.71. The van der Waals surface area contributed by atoms with Crippen LogP contribution in [0.2, 0.25) is 0 Å². The number of hydrogen-bond acceptors (Lipinski definition) is 5. The maximum Gasteiger partial charge on any atom is 0.433 e. The van der Waals surface area contributed by atoms with Gasteiger partial charge in [0, 0.05) is 18.7 Å². The van der Waals surface area contributed by atoms with E-state index in [2.05, 4.69) is 20.1 Å². The normalized spacial score (nSPS) is 16.8. The zero-order chi connectivity index (χ0) is 24.4. The van der Waals surface area contributed by atoms with Gasteiger partial charge < -0.3 is 14.3 Å². The average molecular weight is 476 g/mol. The Morgan fingerprint density at radius 2 is 2.00 bits per heavy atom. The van der Waals surface area contributed by atoms with E-state index in [0.29, 0.717) is 12.1 Å². The van der Waals surface area contributed by atoms with Crippen molar-refractivity contribution in [3.63, 3.8) is 0 Å². The van der Waals surface area contributed by atoms with Gasteiger partial charge in [0.25, 0.3) is 5.91 Å². The summed E-state index contributed by atoms with van der Waals surface area (Å²) >= 11 is 0. The summed E-state index contributed by atoms with van der Waals surface area (Å²) in [7, 11) is 0. The van der Waals surface area contributed by atoms with Gasteiger partial charge in [-0.15, -0.1) is 0 Å². The quantitative estimate of drug-likeness (QED) is 0.444. The van der Waals surface area contributed by atoms with Gasteiger partial charge in [-0.05, 0) is 39.0 Å². The van der Waals surface area contributed by atoms with E-state index in [4.69, 9.17) is 4.42 Å². The number of aromatic amines is 1. The lowest BCUT2D eigenvalue weighted by Gasteiger charge is -2.33. The van der Waals surface area contributed by atoms with Crippen molar-refractivity contribution in [2.24, 2.45) is 0 Å². The number of carbonyl (C=O) groups is 1. The standard InChI is InChI=1S/C22H20F4N6O2/c1-11-18(34-20(29-11)21(2,3)23)19(33)31-8-7-13-16(28-10-27-13)17(31)14-9-12-5-4-6-15(22(24,25)26)32(12)30-14/h4-6,9-10,17H,7-8H2,1-3H3,(H,27,28). The van der Waals surface area contributed by atoms with Crippen LogP contribution in [0.25, 0.3) is 5.52 Å². The lowest BCUT2D eigenvalue weighted by atomic mass is 9.99. The van der Waals surface area contributed by atoms with Crippen LogP contribution in [0.15, 0.2) is 35.0 Å². The molecular weight excluding hydrogens is 456 g/mol. The third-order valence-corrected chi connectivity index (χ3v) is 5.76. The number of nitrogens with one attached hydrogen (secondary N) is 1. The molecule has 0 bridgehead atoms. The van der Waals surface area contributed by atoms with E-state index >= 15 is 0 Å². The molecule has 5 rings (SSSR count). The molecule has 5 heterocycles. The number of fused-ring (bicyclic) bond motifs is 2. The molecule has 12 heteroatoms. The molecule has 0 radical (unpaired) electrons. The summed E-state index contributed by atoms with van der Waals surface area (Å²) in [5.41, 5.74) is -0.963. The number of oxazole rings is 1. The number of H-pyrrole nitrogens is 1. The monoisotopic (exact) mass is 476 g/mol. The first-order valence-electron chi connectivity index (χ1n) is 10.5. The van der Waals surface area contributed by atoms with Gasteiger partial charge in [-0.2, -0.15) is 18.3 Å². The number of nitrogens with zero attached hydrogens (tertiary/aromatic N) is 5. The van der Waals surface area contributed by atoms with Gasteiger partial charge >= 0.3 is 6.18 Å². The molecule has 0 saturated carbocycles. The molecule has 178 valence electrons. The maximum absolute atomic E-state index is 14.4. The van der Waals surface area contributed by atoms with Crippen LogP contribution in [0.5, 0.6) is 0 Å². The van der Waals surface area contributed by atoms with Gasteiger partial charge in [0.05, 0.1) is 28.9 Å². The molecule has 4 aromatic heterocycles. The second kappa shape index (κ2) is 7.40. The average Bonchev–Trinajstić information content (AvgIpc) is 3.48. The molecule has 1 unspecified atom stereocenters. The Balaban J connectivity index is 1.63. The Morgan fingerprint density at radius 1 is 1.24 bits per heavy atom. The van der Waals surface area contributed by atoms with E-state index in [1.54, 1.807) is 0 Å². The van der Waals surface area contributed by atoms with Gasteiger partial charge in [-0.1, -0.05) is 6.07 Å². The van der Waals surface area contributed by atoms with Crippen LogP contribution < -0.4 is 0 Å². The van der Waals surface area contributed by atoms with Crippen molar-refractivity contribution in [1.29, 1.82) is 0 Å². The molecule has 0 fully saturated rings. The van der Waals surface area contributed by atoms with Crippen molar-refractivity contribution in [3.8, 4) is 0 Å². The third kappa shape index (κ3) is 3.53. The molecule has 0 aliphatic carbocycles. The fourth-order valence-electron chi connectivity index (χ4n) is 4.16. The van der Waals surface area contributed by atoms with Crippen LogP contribution in [0.1, 0.15) is 64.8 Å². The van der Waals surface area contributed by atoms with Crippen molar-refractivity contribution in [1.82, 2.24) is 29.5 Å². The smallest absolute Gasteiger partial charge is 0.432 e. The minimum absolute atomic E-state index is 0.135. The van der Waals surface area contributed by atoms with E-state index in [1.165, 1.54) is 50.2 Å². The van der Waals surface area contributed by atoms with Gasteiger partial charge in [-0.25, -0.2) is 18.9 Å². The molecule has 1 N–H and O–H groups in total. The first-order valence-corrected chi connectivity index (χ1v) is 10.5. The molecule has 0 aromatic carbocycles. The predicted octanol–water partition coefficient (Wildman–Crippen LogP) is 4.37. The number of imidazole rings is 1. The number of carbonyl (C=O) groups excluding carboxylic acids is 1. The topological polar surface area (TPSA) is 92.3 Å². The Kier molecular flexibility index (Phi) is 4.81. The largest absolute Gasteiger partial charge is 0.433 e. The number of aromatic nitrogens is 5. The highest BCUT2D eigenvalue weighted by molar-refractivity contribution is 5.93. The van der Waals surface area contributed by atoms with Crippen molar-refractivity contribution in [2.75, 3.05) is 6.54 Å². The van der Waals surface area contributed by atoms with Crippen molar-refractivity contribution in [2.45, 2.75) is 45.1 Å². The lowest BCUT2D eigenvalue weighted by molar-refractivity contribution is -0.142. The number of hydrogen-bond donors (Lipinski definition) is 1. The van der Waals surface area contributed by atoms with Crippen molar-refractivity contribution < 1.29 is 26.8 Å². The number of halogens is 4.